The third-order valence-corrected chi connectivity index (χ3v) is 6.54. The fourth-order valence-corrected chi connectivity index (χ4v) is 4.34. The molecule has 2 aromatic carbocycles. The van der Waals surface area contributed by atoms with E-state index in [4.69, 9.17) is 9.47 Å². The van der Waals surface area contributed by atoms with Crippen LogP contribution in [0.2, 0.25) is 0 Å². The molecule has 0 saturated carbocycles. The maximum Gasteiger partial charge on any atom is 0.387 e. The Balaban J connectivity index is 1.51. The first-order chi connectivity index (χ1) is 16.2. The molecule has 182 valence electrons. The summed E-state index contributed by atoms with van der Waals surface area (Å²) in [5.74, 6) is -2.80. The van der Waals surface area contributed by atoms with Gasteiger partial charge < -0.3 is 14.2 Å². The predicted molar refractivity (Wildman–Crippen MR) is 112 cm³/mol. The second-order valence-electron chi connectivity index (χ2n) is 6.90. The number of benzene rings is 2. The molecule has 0 bridgehead atoms. The summed E-state index contributed by atoms with van der Waals surface area (Å²) in [5, 5.41) is 1.99. The number of carbonyl (C=O) groups is 3. The van der Waals surface area contributed by atoms with E-state index >= 15 is 0 Å². The van der Waals surface area contributed by atoms with Crippen molar-refractivity contribution in [3.63, 3.8) is 0 Å². The first kappa shape index (κ1) is 25.2. The fraction of sp³-hybridized carbons (Fsp3) is 0.286. The van der Waals surface area contributed by atoms with Crippen LogP contribution in [0.1, 0.15) is 20.7 Å². The second-order valence-corrected chi connectivity index (χ2v) is 8.84. The third-order valence-electron chi connectivity index (χ3n) is 4.63. The van der Waals surface area contributed by atoms with Crippen molar-refractivity contribution in [3.05, 3.63) is 59.7 Å². The standard InChI is InChI=1S/C21H20F2N2O8S/c22-21(23)33-16-5-1-14(2-6-16)19(27)24-18(26)13-32-20(28)15-3-7-17(8-4-15)34(29,30)25-9-11-31-12-10-25/h1-8,21H,9-13H2,(H,24,26,27). The number of hydrogen-bond donors (Lipinski definition) is 1. The molecule has 0 spiro atoms. The Morgan fingerprint density at radius 3 is 2.15 bits per heavy atom. The van der Waals surface area contributed by atoms with E-state index < -0.39 is 41.0 Å². The molecule has 34 heavy (non-hydrogen) atoms. The molecule has 0 atom stereocenters. The number of amides is 2. The number of nitrogens with zero attached hydrogens (tertiary/aromatic N) is 1. The smallest absolute Gasteiger partial charge is 0.387 e. The van der Waals surface area contributed by atoms with Gasteiger partial charge in [-0.2, -0.15) is 13.1 Å². The number of sulfonamides is 1. The van der Waals surface area contributed by atoms with Gasteiger partial charge in [-0.05, 0) is 48.5 Å². The van der Waals surface area contributed by atoms with Gasteiger partial charge in [0.25, 0.3) is 11.8 Å². The van der Waals surface area contributed by atoms with Gasteiger partial charge in [-0.15, -0.1) is 0 Å². The molecule has 1 aliphatic rings. The molecule has 1 fully saturated rings. The lowest BCUT2D eigenvalue weighted by Gasteiger charge is -2.26. The lowest BCUT2D eigenvalue weighted by molar-refractivity contribution is -0.123. The monoisotopic (exact) mass is 498 g/mol. The fourth-order valence-electron chi connectivity index (χ4n) is 2.94. The molecule has 1 aliphatic heterocycles. The minimum absolute atomic E-state index is 0.000687. The van der Waals surface area contributed by atoms with Crippen LogP contribution < -0.4 is 10.1 Å². The van der Waals surface area contributed by atoms with Gasteiger partial charge in [-0.1, -0.05) is 0 Å². The Hall–Kier alpha value is -3.42. The van der Waals surface area contributed by atoms with Crippen LogP contribution in [-0.2, 0) is 24.3 Å². The van der Waals surface area contributed by atoms with Crippen molar-refractivity contribution in [2.45, 2.75) is 11.5 Å². The van der Waals surface area contributed by atoms with Crippen LogP contribution in [0.25, 0.3) is 0 Å². The van der Waals surface area contributed by atoms with Crippen molar-refractivity contribution >= 4 is 27.8 Å². The molecule has 0 radical (unpaired) electrons. The van der Waals surface area contributed by atoms with Crippen molar-refractivity contribution < 1.29 is 45.8 Å². The van der Waals surface area contributed by atoms with E-state index in [9.17, 15) is 31.6 Å². The van der Waals surface area contributed by atoms with Gasteiger partial charge in [0.15, 0.2) is 6.61 Å². The Bertz CT molecular complexity index is 1130. The molecule has 1 N–H and O–H groups in total. The molecule has 1 saturated heterocycles. The number of carbonyl (C=O) groups excluding carboxylic acids is 3. The molecule has 2 aromatic rings. The van der Waals surface area contributed by atoms with Crippen LogP contribution in [0.3, 0.4) is 0 Å². The van der Waals surface area contributed by atoms with Crippen molar-refractivity contribution in [2.75, 3.05) is 32.9 Å². The highest BCUT2D eigenvalue weighted by atomic mass is 32.2. The van der Waals surface area contributed by atoms with Crippen molar-refractivity contribution in [2.24, 2.45) is 0 Å². The van der Waals surface area contributed by atoms with Crippen molar-refractivity contribution in [3.8, 4) is 5.75 Å². The molecule has 3 rings (SSSR count). The van der Waals surface area contributed by atoms with Gasteiger partial charge in [-0.25, -0.2) is 13.2 Å². The second kappa shape index (κ2) is 11.1. The first-order valence-corrected chi connectivity index (χ1v) is 11.3. The summed E-state index contributed by atoms with van der Waals surface area (Å²) in [5.41, 5.74) is 0.00744. The number of rotatable bonds is 8. The van der Waals surface area contributed by atoms with Crippen LogP contribution in [-0.4, -0.2) is 70.0 Å². The number of imide groups is 1. The first-order valence-electron chi connectivity index (χ1n) is 9.91. The minimum Gasteiger partial charge on any atom is -0.452 e. The van der Waals surface area contributed by atoms with E-state index in [0.29, 0.717) is 13.2 Å². The zero-order valence-corrected chi connectivity index (χ0v) is 18.4. The highest BCUT2D eigenvalue weighted by Gasteiger charge is 2.26. The predicted octanol–water partition coefficient (Wildman–Crippen LogP) is 1.42. The number of hydrogen-bond acceptors (Lipinski definition) is 8. The summed E-state index contributed by atoms with van der Waals surface area (Å²) in [6, 6.07) is 9.64. The lowest BCUT2D eigenvalue weighted by atomic mass is 10.2. The Morgan fingerprint density at radius 1 is 0.971 bits per heavy atom. The van der Waals surface area contributed by atoms with E-state index in [1.165, 1.54) is 40.7 Å². The van der Waals surface area contributed by atoms with Gasteiger partial charge in [0.05, 0.1) is 23.7 Å². The lowest BCUT2D eigenvalue weighted by Crippen LogP contribution is -2.40. The molecular formula is C21H20F2N2O8S. The zero-order chi connectivity index (χ0) is 24.7. The van der Waals surface area contributed by atoms with Crippen molar-refractivity contribution in [1.29, 1.82) is 0 Å². The van der Waals surface area contributed by atoms with Gasteiger partial charge in [0.1, 0.15) is 5.75 Å². The highest BCUT2D eigenvalue weighted by molar-refractivity contribution is 7.89. The maximum absolute atomic E-state index is 12.6. The molecule has 1 heterocycles. The summed E-state index contributed by atoms with van der Waals surface area (Å²) < 4.78 is 64.9. The average Bonchev–Trinajstić information content (AvgIpc) is 2.83. The SMILES string of the molecule is O=C(COC(=O)c1ccc(S(=O)(=O)N2CCOCC2)cc1)NC(=O)c1ccc(OC(F)F)cc1. The summed E-state index contributed by atoms with van der Waals surface area (Å²) in [6.07, 6.45) is 0. The molecule has 10 nitrogen and oxygen atoms in total. The number of halogens is 2. The van der Waals surface area contributed by atoms with Gasteiger partial charge in [0, 0.05) is 18.7 Å². The van der Waals surface area contributed by atoms with Crippen LogP contribution in [0.15, 0.2) is 53.4 Å². The molecule has 0 aliphatic carbocycles. The average molecular weight is 498 g/mol. The summed E-state index contributed by atoms with van der Waals surface area (Å²) in [6.45, 7) is -2.73. The maximum atomic E-state index is 12.6. The van der Waals surface area contributed by atoms with Crippen LogP contribution in [0.4, 0.5) is 8.78 Å². The molecule has 13 heteroatoms. The quantitative estimate of drug-likeness (QED) is 0.542. The Labute approximate surface area is 193 Å². The van der Waals surface area contributed by atoms with E-state index in [1.807, 2.05) is 5.32 Å². The topological polar surface area (TPSA) is 128 Å². The van der Waals surface area contributed by atoms with E-state index in [0.717, 1.165) is 12.1 Å². The summed E-state index contributed by atoms with van der Waals surface area (Å²) in [4.78, 5) is 36.1. The minimum atomic E-state index is -3.72. The van der Waals surface area contributed by atoms with Gasteiger partial charge in [-0.3, -0.25) is 14.9 Å². The number of morpholine rings is 1. The Morgan fingerprint density at radius 2 is 1.56 bits per heavy atom. The van der Waals surface area contributed by atoms with Crippen LogP contribution >= 0.6 is 0 Å². The van der Waals surface area contributed by atoms with Gasteiger partial charge >= 0.3 is 12.6 Å². The summed E-state index contributed by atoms with van der Waals surface area (Å²) in [7, 11) is -3.72. The highest BCUT2D eigenvalue weighted by Crippen LogP contribution is 2.18. The number of alkyl halides is 2. The number of esters is 1. The molecule has 2 amide bonds. The van der Waals surface area contributed by atoms with Crippen molar-refractivity contribution in [1.82, 2.24) is 9.62 Å². The Kier molecular flexibility index (Phi) is 8.26. The van der Waals surface area contributed by atoms with Crippen LogP contribution in [0.5, 0.6) is 5.75 Å². The molecule has 0 unspecified atom stereocenters. The summed E-state index contributed by atoms with van der Waals surface area (Å²) >= 11 is 0. The van der Waals surface area contributed by atoms with E-state index in [1.54, 1.807) is 0 Å². The van der Waals surface area contributed by atoms with Crippen LogP contribution in [0, 0.1) is 0 Å². The van der Waals surface area contributed by atoms with E-state index in [-0.39, 0.29) is 34.9 Å². The van der Waals surface area contributed by atoms with E-state index in [2.05, 4.69) is 4.74 Å². The zero-order valence-electron chi connectivity index (χ0n) is 17.6. The molecule has 0 aromatic heterocycles. The largest absolute Gasteiger partial charge is 0.452 e. The normalized spacial score (nSPS) is 14.4. The van der Waals surface area contributed by atoms with Gasteiger partial charge in [0.2, 0.25) is 10.0 Å². The molecular weight excluding hydrogens is 478 g/mol. The number of ether oxygens (including phenoxy) is 3. The number of nitrogens with one attached hydrogen (secondary N) is 1. The third kappa shape index (κ3) is 6.56.